The lowest BCUT2D eigenvalue weighted by molar-refractivity contribution is -0.148. The number of ether oxygens (including phenoxy) is 2. The number of amides is 1. The molecule has 8 heteroatoms. The molecular weight excluding hydrogens is 498 g/mol. The van der Waals surface area contributed by atoms with Crippen LogP contribution in [0, 0.1) is 0 Å². The van der Waals surface area contributed by atoms with Gasteiger partial charge in [-0.05, 0) is 69.4 Å². The van der Waals surface area contributed by atoms with Gasteiger partial charge in [0.2, 0.25) is 5.91 Å². The number of likely N-dealkylation sites (tertiary alicyclic amines) is 1. The van der Waals surface area contributed by atoms with Crippen LogP contribution < -0.4 is 4.74 Å². The predicted octanol–water partition coefficient (Wildman–Crippen LogP) is 5.17. The van der Waals surface area contributed by atoms with E-state index in [9.17, 15) is 19.8 Å². The Morgan fingerprint density at radius 3 is 2.44 bits per heavy atom. The third kappa shape index (κ3) is 11.0. The summed E-state index contributed by atoms with van der Waals surface area (Å²) in [5.41, 5.74) is 1.63. The van der Waals surface area contributed by atoms with E-state index in [1.165, 1.54) is 6.92 Å². The maximum absolute atomic E-state index is 12.2. The molecule has 1 aromatic rings. The van der Waals surface area contributed by atoms with E-state index in [1.54, 1.807) is 4.90 Å². The Hall–Kier alpha value is -2.32. The molecular formula is C31H49NO7. The maximum atomic E-state index is 12.2. The number of carbonyl (C=O) groups is 2. The van der Waals surface area contributed by atoms with E-state index in [0.29, 0.717) is 56.5 Å². The first-order chi connectivity index (χ1) is 18.9. The largest absolute Gasteiger partial charge is 0.504 e. The Kier molecular flexibility index (Phi) is 13.4. The first-order valence-corrected chi connectivity index (χ1v) is 15.1. The zero-order valence-corrected chi connectivity index (χ0v) is 23.7. The number of phenolic OH excluding ortho intramolecular Hbond substituents is 1. The normalized spacial score (nSPS) is 17.5. The molecule has 1 saturated heterocycles. The molecule has 1 aromatic carbocycles. The minimum atomic E-state index is -0.537. The number of aryl methyl sites for hydroxylation is 1. The lowest BCUT2D eigenvalue weighted by atomic mass is 9.98. The van der Waals surface area contributed by atoms with Crippen molar-refractivity contribution in [1.29, 1.82) is 0 Å². The van der Waals surface area contributed by atoms with Crippen LogP contribution in [0.4, 0.5) is 0 Å². The Morgan fingerprint density at radius 1 is 1.05 bits per heavy atom. The van der Waals surface area contributed by atoms with Gasteiger partial charge < -0.3 is 29.7 Å². The molecule has 2 fully saturated rings. The van der Waals surface area contributed by atoms with E-state index < -0.39 is 12.2 Å². The molecule has 2 atom stereocenters. The highest BCUT2D eigenvalue weighted by atomic mass is 16.5. The van der Waals surface area contributed by atoms with Crippen molar-refractivity contribution in [3.8, 4) is 11.5 Å². The van der Waals surface area contributed by atoms with Crippen LogP contribution in [0.3, 0.4) is 0 Å². The lowest BCUT2D eigenvalue weighted by Crippen LogP contribution is -2.24. The SMILES string of the molecule is CC(=O)O[C@H](CCc1cc(CN2CCCC2=O)c(O)c(OC2CCCC2)c1)C[C@@H](O)CCCCCCCCO. The molecule has 1 saturated carbocycles. The van der Waals surface area contributed by atoms with Crippen molar-refractivity contribution in [2.45, 2.75) is 135 Å². The molecule has 1 heterocycles. The monoisotopic (exact) mass is 547 g/mol. The zero-order valence-electron chi connectivity index (χ0n) is 23.7. The third-order valence-corrected chi connectivity index (χ3v) is 7.91. The number of phenols is 1. The number of hydrogen-bond donors (Lipinski definition) is 3. The summed E-state index contributed by atoms with van der Waals surface area (Å²) in [6.45, 7) is 2.68. The van der Waals surface area contributed by atoms with Crippen molar-refractivity contribution >= 4 is 11.9 Å². The molecule has 1 amide bonds. The van der Waals surface area contributed by atoms with Crippen LogP contribution in [-0.2, 0) is 27.3 Å². The molecule has 0 unspecified atom stereocenters. The van der Waals surface area contributed by atoms with Gasteiger partial charge >= 0.3 is 5.97 Å². The van der Waals surface area contributed by atoms with Crippen LogP contribution in [0.15, 0.2) is 12.1 Å². The van der Waals surface area contributed by atoms with E-state index in [2.05, 4.69) is 0 Å². The Labute approximate surface area is 233 Å². The molecule has 3 N–H and O–H groups in total. The Morgan fingerprint density at radius 2 is 1.77 bits per heavy atom. The van der Waals surface area contributed by atoms with E-state index in [1.807, 2.05) is 12.1 Å². The van der Waals surface area contributed by atoms with Gasteiger partial charge in [0.25, 0.3) is 0 Å². The summed E-state index contributed by atoms with van der Waals surface area (Å²) in [5.74, 6) is 0.310. The number of hydrogen-bond acceptors (Lipinski definition) is 7. The van der Waals surface area contributed by atoms with Gasteiger partial charge in [-0.25, -0.2) is 0 Å². The van der Waals surface area contributed by atoms with Crippen molar-refractivity contribution < 1.29 is 34.4 Å². The predicted molar refractivity (Wildman–Crippen MR) is 150 cm³/mol. The molecule has 0 aromatic heterocycles. The molecule has 2 aliphatic rings. The molecule has 0 bridgehead atoms. The van der Waals surface area contributed by atoms with E-state index in [4.69, 9.17) is 14.6 Å². The molecule has 39 heavy (non-hydrogen) atoms. The fourth-order valence-corrected chi connectivity index (χ4v) is 5.75. The van der Waals surface area contributed by atoms with Crippen molar-refractivity contribution in [2.24, 2.45) is 0 Å². The number of esters is 1. The topological polar surface area (TPSA) is 117 Å². The van der Waals surface area contributed by atoms with Crippen molar-refractivity contribution in [1.82, 2.24) is 4.90 Å². The van der Waals surface area contributed by atoms with Gasteiger partial charge in [0.1, 0.15) is 6.10 Å². The summed E-state index contributed by atoms with van der Waals surface area (Å²) in [7, 11) is 0. The van der Waals surface area contributed by atoms with Gasteiger partial charge in [-0.2, -0.15) is 0 Å². The highest BCUT2D eigenvalue weighted by Gasteiger charge is 2.25. The molecule has 1 aliphatic heterocycles. The number of carbonyl (C=O) groups excluding carboxylic acids is 2. The van der Waals surface area contributed by atoms with Crippen LogP contribution in [0.2, 0.25) is 0 Å². The zero-order chi connectivity index (χ0) is 28.0. The van der Waals surface area contributed by atoms with Crippen LogP contribution >= 0.6 is 0 Å². The van der Waals surface area contributed by atoms with Gasteiger partial charge in [0.15, 0.2) is 11.5 Å². The number of nitrogens with zero attached hydrogens (tertiary/aromatic N) is 1. The molecule has 220 valence electrons. The lowest BCUT2D eigenvalue weighted by Gasteiger charge is -2.22. The number of rotatable bonds is 18. The standard InChI is InChI=1S/C31H49NO7/c1-23(34)38-28(21-26(35)11-6-4-2-3-5-9-18-33)16-15-24-19-25(22-32-17-10-14-30(32)36)31(37)29(20-24)39-27-12-7-8-13-27/h19-20,26-28,33,35,37H,2-18,21-22H2,1H3/t26-,28+/m0/s1. The van der Waals surface area contributed by atoms with Gasteiger partial charge in [0, 0.05) is 45.0 Å². The fraction of sp³-hybridized carbons (Fsp3) is 0.742. The van der Waals surface area contributed by atoms with Crippen molar-refractivity contribution in [3.05, 3.63) is 23.3 Å². The van der Waals surface area contributed by atoms with Crippen LogP contribution in [-0.4, -0.2) is 63.6 Å². The maximum Gasteiger partial charge on any atom is 0.302 e. The first-order valence-electron chi connectivity index (χ1n) is 15.1. The number of benzene rings is 1. The summed E-state index contributed by atoms with van der Waals surface area (Å²) in [6, 6.07) is 3.81. The quantitative estimate of drug-likeness (QED) is 0.171. The summed E-state index contributed by atoms with van der Waals surface area (Å²) in [6.07, 6.45) is 13.0. The number of aromatic hydroxyl groups is 1. The van der Waals surface area contributed by atoms with Crippen LogP contribution in [0.1, 0.15) is 114 Å². The second-order valence-corrected chi connectivity index (χ2v) is 11.3. The molecule has 8 nitrogen and oxygen atoms in total. The van der Waals surface area contributed by atoms with E-state index in [0.717, 1.165) is 76.2 Å². The molecule has 0 radical (unpaired) electrons. The van der Waals surface area contributed by atoms with Crippen molar-refractivity contribution in [2.75, 3.05) is 13.2 Å². The van der Waals surface area contributed by atoms with Gasteiger partial charge in [0.05, 0.1) is 12.2 Å². The number of aliphatic hydroxyl groups is 2. The minimum absolute atomic E-state index is 0.0889. The van der Waals surface area contributed by atoms with Gasteiger partial charge in [-0.15, -0.1) is 0 Å². The summed E-state index contributed by atoms with van der Waals surface area (Å²) in [5, 5.41) is 30.5. The minimum Gasteiger partial charge on any atom is -0.504 e. The van der Waals surface area contributed by atoms with Gasteiger partial charge in [-0.3, -0.25) is 9.59 Å². The number of unbranched alkanes of at least 4 members (excludes halogenated alkanes) is 5. The molecule has 0 spiro atoms. The fourth-order valence-electron chi connectivity index (χ4n) is 5.75. The smallest absolute Gasteiger partial charge is 0.302 e. The summed E-state index contributed by atoms with van der Waals surface area (Å²) in [4.78, 5) is 25.8. The highest BCUT2D eigenvalue weighted by molar-refractivity contribution is 5.78. The van der Waals surface area contributed by atoms with Crippen molar-refractivity contribution in [3.63, 3.8) is 0 Å². The summed E-state index contributed by atoms with van der Waals surface area (Å²) >= 11 is 0. The average Bonchev–Trinajstić information content (AvgIpc) is 3.56. The van der Waals surface area contributed by atoms with Crippen LogP contribution in [0.5, 0.6) is 11.5 Å². The third-order valence-electron chi connectivity index (χ3n) is 7.91. The molecule has 3 rings (SSSR count). The van der Waals surface area contributed by atoms with Gasteiger partial charge in [-0.1, -0.05) is 38.2 Å². The second kappa shape index (κ2) is 16.7. The number of aliphatic hydroxyl groups excluding tert-OH is 2. The summed E-state index contributed by atoms with van der Waals surface area (Å²) < 4.78 is 11.8. The second-order valence-electron chi connectivity index (χ2n) is 11.3. The first kappa shape index (κ1) is 31.2. The van der Waals surface area contributed by atoms with E-state index >= 15 is 0 Å². The highest BCUT2D eigenvalue weighted by Crippen LogP contribution is 2.36. The van der Waals surface area contributed by atoms with E-state index in [-0.39, 0.29) is 30.3 Å². The Bertz CT molecular complexity index is 899. The average molecular weight is 548 g/mol. The van der Waals surface area contributed by atoms with Crippen LogP contribution in [0.25, 0.3) is 0 Å². The molecule has 1 aliphatic carbocycles. The Balaban J connectivity index is 1.61.